The molecule has 1 nitrogen and oxygen atoms in total. The van der Waals surface area contributed by atoms with Crippen LogP contribution in [0.15, 0.2) is 0 Å². The summed E-state index contributed by atoms with van der Waals surface area (Å²) in [6, 6.07) is 0.798. The van der Waals surface area contributed by atoms with Gasteiger partial charge < -0.3 is 5.32 Å². The van der Waals surface area contributed by atoms with Crippen molar-refractivity contribution in [3.63, 3.8) is 0 Å². The van der Waals surface area contributed by atoms with Crippen molar-refractivity contribution >= 4 is 0 Å². The summed E-state index contributed by atoms with van der Waals surface area (Å²) in [5.74, 6) is 6.09. The molecule has 134 valence electrons. The van der Waals surface area contributed by atoms with Gasteiger partial charge in [-0.2, -0.15) is 0 Å². The van der Waals surface area contributed by atoms with Crippen LogP contribution in [0.3, 0.4) is 0 Å². The third-order valence-corrected chi connectivity index (χ3v) is 7.93. The maximum absolute atomic E-state index is 3.75. The second-order valence-corrected chi connectivity index (χ2v) is 9.30. The molecular formula is C22H41N. The monoisotopic (exact) mass is 319 g/mol. The van der Waals surface area contributed by atoms with Crippen molar-refractivity contribution in [2.75, 3.05) is 7.05 Å². The van der Waals surface area contributed by atoms with E-state index in [1.165, 1.54) is 51.4 Å². The van der Waals surface area contributed by atoms with Crippen molar-refractivity contribution in [3.8, 4) is 0 Å². The Bertz CT molecular complexity index is 346. The number of nitrogens with one attached hydrogen (secondary N) is 1. The van der Waals surface area contributed by atoms with Crippen LogP contribution in [0, 0.1) is 35.5 Å². The van der Waals surface area contributed by atoms with Gasteiger partial charge in [0.25, 0.3) is 0 Å². The van der Waals surface area contributed by atoms with E-state index >= 15 is 0 Å². The molecule has 0 aromatic rings. The highest BCUT2D eigenvalue weighted by atomic mass is 14.9. The predicted octanol–water partition coefficient (Wildman–Crippen LogP) is 6.03. The van der Waals surface area contributed by atoms with Crippen LogP contribution < -0.4 is 5.32 Å². The standard InChI is InChI=1S/C22H41N/c1-4-17-11-12-19(15-17)22(18-8-6-5-7-9-18)20-13-10-16(2)14-21(20)23-3/h16-23H,4-15H2,1-3H3. The van der Waals surface area contributed by atoms with Gasteiger partial charge in [0.05, 0.1) is 0 Å². The average Bonchev–Trinajstić information content (AvgIpc) is 3.06. The van der Waals surface area contributed by atoms with Crippen LogP contribution >= 0.6 is 0 Å². The van der Waals surface area contributed by atoms with Crippen molar-refractivity contribution in [3.05, 3.63) is 0 Å². The molecule has 6 unspecified atom stereocenters. The Labute approximate surface area is 145 Å². The summed E-state index contributed by atoms with van der Waals surface area (Å²) in [4.78, 5) is 0. The first-order valence-corrected chi connectivity index (χ1v) is 10.9. The molecule has 1 heteroatoms. The second-order valence-electron chi connectivity index (χ2n) is 9.30. The molecule has 0 spiro atoms. The van der Waals surface area contributed by atoms with Gasteiger partial charge in [-0.05, 0) is 68.2 Å². The molecule has 3 aliphatic carbocycles. The highest BCUT2D eigenvalue weighted by Gasteiger charge is 2.43. The molecule has 3 aliphatic rings. The zero-order chi connectivity index (χ0) is 16.2. The molecule has 1 N–H and O–H groups in total. The lowest BCUT2D eigenvalue weighted by atomic mass is 9.61. The molecule has 0 aromatic carbocycles. The van der Waals surface area contributed by atoms with E-state index in [0.29, 0.717) is 0 Å². The number of hydrogen-bond acceptors (Lipinski definition) is 1. The molecule has 6 atom stereocenters. The first kappa shape index (κ1) is 17.8. The van der Waals surface area contributed by atoms with Crippen molar-refractivity contribution in [2.24, 2.45) is 35.5 Å². The summed E-state index contributed by atoms with van der Waals surface area (Å²) in [6.07, 6.45) is 18.1. The lowest BCUT2D eigenvalue weighted by molar-refractivity contribution is 0.0552. The Morgan fingerprint density at radius 1 is 0.870 bits per heavy atom. The van der Waals surface area contributed by atoms with Gasteiger partial charge in [0, 0.05) is 6.04 Å². The maximum atomic E-state index is 3.75. The molecular weight excluding hydrogens is 278 g/mol. The number of rotatable bonds is 5. The van der Waals surface area contributed by atoms with E-state index in [9.17, 15) is 0 Å². The van der Waals surface area contributed by atoms with E-state index in [4.69, 9.17) is 0 Å². The molecule has 3 rings (SSSR count). The van der Waals surface area contributed by atoms with Crippen LogP contribution in [0.2, 0.25) is 0 Å². The molecule has 0 saturated heterocycles. The van der Waals surface area contributed by atoms with Crippen LogP contribution in [0.25, 0.3) is 0 Å². The topological polar surface area (TPSA) is 12.0 Å². The Balaban J connectivity index is 1.76. The Morgan fingerprint density at radius 3 is 2.30 bits per heavy atom. The minimum atomic E-state index is 0.798. The van der Waals surface area contributed by atoms with Gasteiger partial charge in [-0.3, -0.25) is 0 Å². The summed E-state index contributed by atoms with van der Waals surface area (Å²) < 4.78 is 0. The smallest absolute Gasteiger partial charge is 0.00977 e. The average molecular weight is 320 g/mol. The minimum absolute atomic E-state index is 0.798. The third kappa shape index (κ3) is 4.14. The summed E-state index contributed by atoms with van der Waals surface area (Å²) in [5.41, 5.74) is 0. The first-order chi connectivity index (χ1) is 11.2. The van der Waals surface area contributed by atoms with Crippen molar-refractivity contribution in [1.29, 1.82) is 0 Å². The van der Waals surface area contributed by atoms with Crippen LogP contribution in [-0.4, -0.2) is 13.1 Å². The van der Waals surface area contributed by atoms with E-state index in [1.807, 2.05) is 0 Å². The predicted molar refractivity (Wildman–Crippen MR) is 101 cm³/mol. The van der Waals surface area contributed by atoms with Crippen LogP contribution in [0.5, 0.6) is 0 Å². The maximum Gasteiger partial charge on any atom is 0.00977 e. The van der Waals surface area contributed by atoms with Gasteiger partial charge in [0.15, 0.2) is 0 Å². The highest BCUT2D eigenvalue weighted by molar-refractivity contribution is 4.95. The van der Waals surface area contributed by atoms with Crippen LogP contribution in [0.4, 0.5) is 0 Å². The normalized spacial score (nSPS) is 41.1. The van der Waals surface area contributed by atoms with E-state index in [0.717, 1.165) is 41.5 Å². The van der Waals surface area contributed by atoms with E-state index in [-0.39, 0.29) is 0 Å². The molecule has 0 aliphatic heterocycles. The lowest BCUT2D eigenvalue weighted by Crippen LogP contribution is -2.46. The minimum Gasteiger partial charge on any atom is -0.317 e. The van der Waals surface area contributed by atoms with Crippen LogP contribution in [-0.2, 0) is 0 Å². The van der Waals surface area contributed by atoms with Crippen molar-refractivity contribution < 1.29 is 0 Å². The fourth-order valence-electron chi connectivity index (χ4n) is 6.63. The summed E-state index contributed by atoms with van der Waals surface area (Å²) in [6.45, 7) is 4.89. The van der Waals surface area contributed by atoms with Gasteiger partial charge in [0.2, 0.25) is 0 Å². The Kier molecular flexibility index (Phi) is 6.46. The van der Waals surface area contributed by atoms with Crippen molar-refractivity contribution in [2.45, 2.75) is 96.9 Å². The number of hydrogen-bond donors (Lipinski definition) is 1. The molecule has 3 fully saturated rings. The SMILES string of the molecule is CCC1CCC(C(C2CCCCC2)C2CCC(C)CC2NC)C1. The molecule has 0 amide bonds. The van der Waals surface area contributed by atoms with E-state index in [1.54, 1.807) is 25.7 Å². The Hall–Kier alpha value is -0.0400. The third-order valence-electron chi connectivity index (χ3n) is 7.93. The molecule has 3 saturated carbocycles. The largest absolute Gasteiger partial charge is 0.317 e. The van der Waals surface area contributed by atoms with Gasteiger partial charge in [-0.15, -0.1) is 0 Å². The van der Waals surface area contributed by atoms with Gasteiger partial charge in [0.1, 0.15) is 0 Å². The summed E-state index contributed by atoms with van der Waals surface area (Å²) >= 11 is 0. The summed E-state index contributed by atoms with van der Waals surface area (Å²) in [7, 11) is 2.23. The fourth-order valence-corrected chi connectivity index (χ4v) is 6.63. The molecule has 0 radical (unpaired) electrons. The fraction of sp³-hybridized carbons (Fsp3) is 1.00. The van der Waals surface area contributed by atoms with E-state index in [2.05, 4.69) is 26.2 Å². The zero-order valence-corrected chi connectivity index (χ0v) is 16.0. The van der Waals surface area contributed by atoms with Gasteiger partial charge >= 0.3 is 0 Å². The quantitative estimate of drug-likeness (QED) is 0.652. The van der Waals surface area contributed by atoms with Crippen LogP contribution in [0.1, 0.15) is 90.9 Å². The van der Waals surface area contributed by atoms with Crippen molar-refractivity contribution in [1.82, 2.24) is 5.32 Å². The second kappa shape index (κ2) is 8.37. The van der Waals surface area contributed by atoms with Gasteiger partial charge in [-0.25, -0.2) is 0 Å². The van der Waals surface area contributed by atoms with Gasteiger partial charge in [-0.1, -0.05) is 65.2 Å². The molecule has 23 heavy (non-hydrogen) atoms. The molecule has 0 heterocycles. The Morgan fingerprint density at radius 2 is 1.65 bits per heavy atom. The molecule has 0 bridgehead atoms. The first-order valence-electron chi connectivity index (χ1n) is 10.9. The molecule has 0 aromatic heterocycles. The highest BCUT2D eigenvalue weighted by Crippen LogP contribution is 2.50. The lowest BCUT2D eigenvalue weighted by Gasteiger charge is -2.46. The zero-order valence-electron chi connectivity index (χ0n) is 16.0. The summed E-state index contributed by atoms with van der Waals surface area (Å²) in [5, 5.41) is 3.75. The van der Waals surface area contributed by atoms with E-state index < -0.39 is 0 Å².